The molecule has 2 rings (SSSR count). The molecule has 64 valence electrons. The van der Waals surface area contributed by atoms with Crippen molar-refractivity contribution in [1.29, 1.82) is 0 Å². The molecule has 0 N–H and O–H groups in total. The molecule has 1 aliphatic rings. The summed E-state index contributed by atoms with van der Waals surface area (Å²) in [4.78, 5) is 0. The fourth-order valence-corrected chi connectivity index (χ4v) is 2.08. The lowest BCUT2D eigenvalue weighted by Gasteiger charge is -2.11. The highest BCUT2D eigenvalue weighted by Crippen LogP contribution is 2.14. The van der Waals surface area contributed by atoms with E-state index in [1.54, 1.807) is 17.3 Å². The van der Waals surface area contributed by atoms with Crippen molar-refractivity contribution in [3.8, 4) is 0 Å². The van der Waals surface area contributed by atoms with E-state index in [1.807, 2.05) is 11.8 Å². The highest BCUT2D eigenvalue weighted by Gasteiger charge is 2.06. The quantitative estimate of drug-likeness (QED) is 0.651. The second kappa shape index (κ2) is 3.71. The van der Waals surface area contributed by atoms with E-state index < -0.39 is 0 Å². The molecule has 5 heteroatoms. The van der Waals surface area contributed by atoms with E-state index in [0.717, 1.165) is 12.8 Å². The van der Waals surface area contributed by atoms with Crippen molar-refractivity contribution < 1.29 is 0 Å². The van der Waals surface area contributed by atoms with Crippen LogP contribution in [-0.4, -0.2) is 32.1 Å². The third-order valence-electron chi connectivity index (χ3n) is 1.73. The Morgan fingerprint density at radius 2 is 1.92 bits per heavy atom. The average Bonchev–Trinajstić information content (AvgIpc) is 2.59. The van der Waals surface area contributed by atoms with Crippen LogP contribution in [0.15, 0.2) is 17.8 Å². The maximum atomic E-state index is 4.37. The minimum atomic E-state index is 1.10. The largest absolute Gasteiger partial charge is 0.208 e. The van der Waals surface area contributed by atoms with Crippen LogP contribution in [0.25, 0.3) is 0 Å². The third kappa shape index (κ3) is 1.85. The Hall–Kier alpha value is -0.840. The number of hydrogen-bond acceptors (Lipinski definition) is 4. The molecule has 0 radical (unpaired) electrons. The number of thioether (sulfide) groups is 1. The lowest BCUT2D eigenvalue weighted by atomic mass is 10.2. The second-order valence-electron chi connectivity index (χ2n) is 2.62. The third-order valence-corrected chi connectivity index (χ3v) is 2.72. The van der Waals surface area contributed by atoms with Crippen molar-refractivity contribution in [2.24, 2.45) is 5.10 Å². The molecule has 0 spiro atoms. The molecule has 1 aromatic heterocycles. The number of aromatic nitrogens is 3. The summed E-state index contributed by atoms with van der Waals surface area (Å²) in [5, 5.41) is 11.7. The Bertz CT molecular complexity index is 259. The smallest absolute Gasteiger partial charge is 0.141 e. The molecule has 1 aromatic rings. The van der Waals surface area contributed by atoms with Crippen LogP contribution in [0.2, 0.25) is 0 Å². The molecule has 4 nitrogen and oxygen atoms in total. The first-order valence-electron chi connectivity index (χ1n) is 3.94. The lowest BCUT2D eigenvalue weighted by Crippen LogP contribution is -2.09. The van der Waals surface area contributed by atoms with Gasteiger partial charge in [-0.3, -0.25) is 0 Å². The van der Waals surface area contributed by atoms with Crippen molar-refractivity contribution in [1.82, 2.24) is 14.9 Å². The zero-order valence-electron chi connectivity index (χ0n) is 6.68. The number of nitrogens with zero attached hydrogens (tertiary/aromatic N) is 4. The van der Waals surface area contributed by atoms with Gasteiger partial charge in [-0.1, -0.05) is 0 Å². The Morgan fingerprint density at radius 1 is 1.25 bits per heavy atom. The van der Waals surface area contributed by atoms with Crippen LogP contribution in [0.5, 0.6) is 0 Å². The SMILES string of the molecule is c1nncn1N=C1CCSCC1. The molecule has 0 unspecified atom stereocenters. The first-order valence-corrected chi connectivity index (χ1v) is 5.10. The van der Waals surface area contributed by atoms with Gasteiger partial charge in [-0.25, -0.2) is 4.68 Å². The molecule has 0 bridgehead atoms. The zero-order valence-corrected chi connectivity index (χ0v) is 7.50. The molecule has 12 heavy (non-hydrogen) atoms. The van der Waals surface area contributed by atoms with Gasteiger partial charge < -0.3 is 0 Å². The van der Waals surface area contributed by atoms with E-state index >= 15 is 0 Å². The van der Waals surface area contributed by atoms with Crippen LogP contribution in [0.1, 0.15) is 12.8 Å². The summed E-state index contributed by atoms with van der Waals surface area (Å²) in [6, 6.07) is 0. The number of hydrogen-bond donors (Lipinski definition) is 0. The van der Waals surface area contributed by atoms with Crippen molar-refractivity contribution in [2.45, 2.75) is 12.8 Å². The van der Waals surface area contributed by atoms with Crippen molar-refractivity contribution in [3.05, 3.63) is 12.7 Å². The summed E-state index contributed by atoms with van der Waals surface area (Å²) in [5.74, 6) is 2.39. The Labute approximate surface area is 75.1 Å². The van der Waals surface area contributed by atoms with E-state index in [0.29, 0.717) is 0 Å². The van der Waals surface area contributed by atoms with Crippen LogP contribution < -0.4 is 0 Å². The molecule has 1 fully saturated rings. The first-order chi connectivity index (χ1) is 5.95. The monoisotopic (exact) mass is 182 g/mol. The van der Waals surface area contributed by atoms with Gasteiger partial charge >= 0.3 is 0 Å². The van der Waals surface area contributed by atoms with Gasteiger partial charge in [0.05, 0.1) is 0 Å². The van der Waals surface area contributed by atoms with E-state index in [4.69, 9.17) is 0 Å². The molecule has 2 heterocycles. The summed E-state index contributed by atoms with van der Waals surface area (Å²) in [5.41, 5.74) is 1.26. The van der Waals surface area contributed by atoms with E-state index in [-0.39, 0.29) is 0 Å². The van der Waals surface area contributed by atoms with Gasteiger partial charge in [0.15, 0.2) is 0 Å². The van der Waals surface area contributed by atoms with Crippen LogP contribution in [-0.2, 0) is 0 Å². The summed E-state index contributed by atoms with van der Waals surface area (Å²) in [6.07, 6.45) is 5.44. The van der Waals surface area contributed by atoms with Gasteiger partial charge in [0, 0.05) is 5.71 Å². The topological polar surface area (TPSA) is 43.1 Å². The average molecular weight is 182 g/mol. The highest BCUT2D eigenvalue weighted by atomic mass is 32.2. The fourth-order valence-electron chi connectivity index (χ4n) is 1.12. The molecule has 0 aromatic carbocycles. The molecule has 0 saturated carbocycles. The molecule has 1 saturated heterocycles. The first kappa shape index (κ1) is 7.79. The minimum absolute atomic E-state index is 1.10. The summed E-state index contributed by atoms with van der Waals surface area (Å²) in [6.45, 7) is 0. The van der Waals surface area contributed by atoms with Gasteiger partial charge in [-0.05, 0) is 24.3 Å². The van der Waals surface area contributed by atoms with Gasteiger partial charge in [-0.15, -0.1) is 10.2 Å². The van der Waals surface area contributed by atoms with Crippen molar-refractivity contribution >= 4 is 17.5 Å². The number of rotatable bonds is 1. The molecule has 0 atom stereocenters. The molecule has 1 aliphatic heterocycles. The fraction of sp³-hybridized carbons (Fsp3) is 0.571. The predicted molar refractivity (Wildman–Crippen MR) is 49.4 cm³/mol. The van der Waals surface area contributed by atoms with Gasteiger partial charge in [0.1, 0.15) is 12.7 Å². The molecule has 0 aliphatic carbocycles. The van der Waals surface area contributed by atoms with Crippen LogP contribution >= 0.6 is 11.8 Å². The Balaban J connectivity index is 2.07. The van der Waals surface area contributed by atoms with E-state index in [9.17, 15) is 0 Å². The Morgan fingerprint density at radius 3 is 2.58 bits per heavy atom. The van der Waals surface area contributed by atoms with Crippen molar-refractivity contribution in [2.75, 3.05) is 11.5 Å². The van der Waals surface area contributed by atoms with E-state index in [2.05, 4.69) is 15.3 Å². The maximum Gasteiger partial charge on any atom is 0.141 e. The van der Waals surface area contributed by atoms with Crippen LogP contribution in [0.4, 0.5) is 0 Å². The summed E-state index contributed by atoms with van der Waals surface area (Å²) >= 11 is 1.99. The minimum Gasteiger partial charge on any atom is -0.208 e. The maximum absolute atomic E-state index is 4.37. The van der Waals surface area contributed by atoms with Gasteiger partial charge in [0.25, 0.3) is 0 Å². The lowest BCUT2D eigenvalue weighted by molar-refractivity contribution is 0.853. The highest BCUT2D eigenvalue weighted by molar-refractivity contribution is 7.99. The van der Waals surface area contributed by atoms with Gasteiger partial charge in [-0.2, -0.15) is 16.9 Å². The molecule has 0 amide bonds. The predicted octanol–water partition coefficient (Wildman–Crippen LogP) is 1.01. The molecular formula is C7H10N4S. The second-order valence-corrected chi connectivity index (χ2v) is 3.85. The standard InChI is InChI=1S/C7H10N4S/c1-3-12-4-2-7(1)10-11-5-8-9-6-11/h5-6H,1-4H2. The zero-order chi connectivity index (χ0) is 8.23. The summed E-state index contributed by atoms with van der Waals surface area (Å²) < 4.78 is 1.67. The van der Waals surface area contributed by atoms with Gasteiger partial charge in [0.2, 0.25) is 0 Å². The van der Waals surface area contributed by atoms with E-state index in [1.165, 1.54) is 17.2 Å². The Kier molecular flexibility index (Phi) is 2.41. The van der Waals surface area contributed by atoms with Crippen LogP contribution in [0, 0.1) is 0 Å². The molecular weight excluding hydrogens is 172 g/mol. The van der Waals surface area contributed by atoms with Crippen LogP contribution in [0.3, 0.4) is 0 Å². The van der Waals surface area contributed by atoms with Crippen molar-refractivity contribution in [3.63, 3.8) is 0 Å². The summed E-state index contributed by atoms with van der Waals surface area (Å²) in [7, 11) is 0. The normalized spacial score (nSPS) is 17.8.